The number of nitrogen functional groups attached to an aromatic ring is 2. The number of rotatable bonds is 7. The van der Waals surface area contributed by atoms with Gasteiger partial charge in [0, 0.05) is 95.8 Å². The normalized spacial score (nSPS) is 14.9. The molecule has 0 aliphatic carbocycles. The van der Waals surface area contributed by atoms with Crippen molar-refractivity contribution < 1.29 is 57.2 Å². The van der Waals surface area contributed by atoms with Gasteiger partial charge in [-0.25, -0.2) is 9.97 Å². The Morgan fingerprint density at radius 1 is 0.717 bits per heavy atom. The molecular weight excluding hydrogens is 669 g/mol. The number of benzene rings is 2. The van der Waals surface area contributed by atoms with E-state index in [1.54, 1.807) is 29.0 Å². The second-order valence-electron chi connectivity index (χ2n) is 10.7. The summed E-state index contributed by atoms with van der Waals surface area (Å²) in [6.07, 6.45) is 3.80. The third kappa shape index (κ3) is 7.55. The minimum absolute atomic E-state index is 0. The van der Waals surface area contributed by atoms with Crippen molar-refractivity contribution in [3.63, 3.8) is 0 Å². The first-order chi connectivity index (χ1) is 21.8. The number of nitrogens with two attached hydrogens (primary N) is 2. The van der Waals surface area contributed by atoms with Crippen molar-refractivity contribution in [2.45, 2.75) is 20.1 Å². The van der Waals surface area contributed by atoms with Crippen molar-refractivity contribution >= 4 is 58.2 Å². The number of nitrogens with zero attached hydrogens (tertiary/aromatic N) is 8. The molecule has 2 amide bonds. The van der Waals surface area contributed by atoms with E-state index < -0.39 is 0 Å². The van der Waals surface area contributed by atoms with Gasteiger partial charge < -0.3 is 55.6 Å². The number of anilines is 4. The number of hydrogen-bond donors (Lipinski definition) is 4. The number of hydrogen-bond acceptors (Lipinski definition) is 13. The van der Waals surface area contributed by atoms with Crippen LogP contribution < -0.4 is 26.0 Å². The zero-order valence-corrected chi connectivity index (χ0v) is 28.6. The second kappa shape index (κ2) is 15.6. The van der Waals surface area contributed by atoms with E-state index in [4.69, 9.17) is 16.2 Å². The first kappa shape index (κ1) is 34.9. The molecule has 2 aromatic heterocycles. The first-order valence-electron chi connectivity index (χ1n) is 14.5. The van der Waals surface area contributed by atoms with Crippen molar-refractivity contribution in [2.75, 3.05) is 80.7 Å². The van der Waals surface area contributed by atoms with Crippen molar-refractivity contribution in [2.24, 2.45) is 0 Å². The van der Waals surface area contributed by atoms with Gasteiger partial charge in [-0.1, -0.05) is 0 Å². The molecular formula is C30H36N10O5Y-2. The molecule has 15 nitrogen and oxygen atoms in total. The second-order valence-corrected chi connectivity index (χ2v) is 10.7. The Kier molecular flexibility index (Phi) is 11.8. The van der Waals surface area contributed by atoms with Gasteiger partial charge in [0.15, 0.2) is 0 Å². The average molecular weight is 706 g/mol. The van der Waals surface area contributed by atoms with Crippen LogP contribution in [0.1, 0.15) is 16.7 Å². The molecule has 0 unspecified atom stereocenters. The zero-order valence-electron chi connectivity index (χ0n) is 25.8. The number of carbonyl (C=O) groups excluding carboxylic acids is 2. The van der Waals surface area contributed by atoms with Crippen LogP contribution >= 0.6 is 0 Å². The molecule has 2 saturated heterocycles. The molecule has 6 rings (SSSR count). The summed E-state index contributed by atoms with van der Waals surface area (Å²) < 4.78 is 5.32. The molecule has 0 saturated carbocycles. The summed E-state index contributed by atoms with van der Waals surface area (Å²) in [6.45, 7) is 6.55. The van der Waals surface area contributed by atoms with E-state index in [9.17, 15) is 19.8 Å². The molecule has 2 aliphatic rings. The fourth-order valence-electron chi connectivity index (χ4n) is 5.34. The zero-order chi connectivity index (χ0) is 32.1. The largest absolute Gasteiger partial charge is 0.520 e. The van der Waals surface area contributed by atoms with Gasteiger partial charge >= 0.3 is 0 Å². The summed E-state index contributed by atoms with van der Waals surface area (Å²) in [5, 5.41) is 20.2. The molecule has 16 heteroatoms. The van der Waals surface area contributed by atoms with E-state index in [2.05, 4.69) is 19.9 Å². The van der Waals surface area contributed by atoms with Crippen LogP contribution in [-0.2, 0) is 55.5 Å². The maximum atomic E-state index is 10.7. The Hall–Kier alpha value is -3.92. The Morgan fingerprint density at radius 3 is 1.59 bits per heavy atom. The van der Waals surface area contributed by atoms with E-state index >= 15 is 0 Å². The van der Waals surface area contributed by atoms with Crippen molar-refractivity contribution in [3.05, 3.63) is 41.0 Å². The predicted octanol–water partition coefficient (Wildman–Crippen LogP) is 0.102. The number of aliphatic hydroxyl groups excluding tert-OH is 2. The number of methoxy groups -OCH3 is 1. The molecule has 0 bridgehead atoms. The molecule has 6 N–H and O–H groups in total. The topological polar surface area (TPSA) is 200 Å². The molecule has 0 atom stereocenters. The van der Waals surface area contributed by atoms with Crippen LogP contribution in [0.5, 0.6) is 5.75 Å². The molecule has 2 aliphatic heterocycles. The van der Waals surface area contributed by atoms with Gasteiger partial charge in [-0.2, -0.15) is 22.8 Å². The number of aryl methyl sites for hydroxylation is 1. The number of amides is 2. The summed E-state index contributed by atoms with van der Waals surface area (Å²) >= 11 is 0. The van der Waals surface area contributed by atoms with E-state index in [1.807, 2.05) is 41.7 Å². The first-order valence-corrected chi connectivity index (χ1v) is 14.5. The fourth-order valence-corrected chi connectivity index (χ4v) is 5.34. The van der Waals surface area contributed by atoms with Gasteiger partial charge in [-0.15, -0.1) is 0 Å². The molecule has 4 heterocycles. The Morgan fingerprint density at radius 2 is 1.15 bits per heavy atom. The molecule has 4 aromatic rings. The van der Waals surface area contributed by atoms with Gasteiger partial charge in [0.1, 0.15) is 17.4 Å². The van der Waals surface area contributed by atoms with E-state index in [1.165, 1.54) is 0 Å². The maximum absolute atomic E-state index is 10.7. The van der Waals surface area contributed by atoms with Crippen LogP contribution in [0.3, 0.4) is 0 Å². The summed E-state index contributed by atoms with van der Waals surface area (Å²) in [6, 6.07) is 7.24. The van der Waals surface area contributed by atoms with E-state index in [-0.39, 0.29) is 45.9 Å². The van der Waals surface area contributed by atoms with Gasteiger partial charge in [-0.3, -0.25) is 0 Å². The molecule has 2 aromatic carbocycles. The van der Waals surface area contributed by atoms with E-state index in [0.29, 0.717) is 97.9 Å². The van der Waals surface area contributed by atoms with Crippen molar-refractivity contribution in [3.8, 4) is 5.75 Å². The number of aliphatic hydroxyl groups is 2. The van der Waals surface area contributed by atoms with E-state index in [0.717, 1.165) is 22.2 Å². The molecule has 1 radical (unpaired) electrons. The predicted molar refractivity (Wildman–Crippen MR) is 170 cm³/mol. The summed E-state index contributed by atoms with van der Waals surface area (Å²) in [4.78, 5) is 46.4. The van der Waals surface area contributed by atoms with Gasteiger partial charge in [-0.05, 0) is 47.9 Å². The minimum Gasteiger partial charge on any atom is -0.520 e. The molecule has 2 fully saturated rings. The van der Waals surface area contributed by atoms with Crippen molar-refractivity contribution in [1.29, 1.82) is 0 Å². The average Bonchev–Trinajstić information content (AvgIpc) is 3.07. The van der Waals surface area contributed by atoms with Crippen molar-refractivity contribution in [1.82, 2.24) is 29.7 Å². The Labute approximate surface area is 291 Å². The molecule has 241 valence electrons. The summed E-state index contributed by atoms with van der Waals surface area (Å²) in [7, 11) is 1.63. The maximum Gasteiger partial charge on any atom is 0.228 e. The SMILES string of the molecule is COc1cc2c(N)nc(N3CCN([C-]=O)CC3)nc2cc1C.Nc1nc(N2CCN([C-]=O)CC2)nc2cc(CO)c(CO)cc12.[Y]. The fraction of sp³-hybridized carbons (Fsp3) is 0.400. The number of fused-ring (bicyclic) bond motifs is 2. The molecule has 0 spiro atoms. The Bertz CT molecular complexity index is 1690. The molecule has 46 heavy (non-hydrogen) atoms. The van der Waals surface area contributed by atoms with Gasteiger partial charge in [0.25, 0.3) is 0 Å². The number of ether oxygens (including phenoxy) is 1. The summed E-state index contributed by atoms with van der Waals surface area (Å²) in [5.74, 6) is 2.63. The van der Waals surface area contributed by atoms with Crippen LogP contribution in [0, 0.1) is 6.92 Å². The smallest absolute Gasteiger partial charge is 0.228 e. The monoisotopic (exact) mass is 705 g/mol. The third-order valence-corrected chi connectivity index (χ3v) is 7.99. The standard InChI is InChI=1S/C15H18N5O3.C15H18N5O2.Y/c16-14-12-5-10(7-21)11(8-22)6-13(12)17-15(18-14)20-3-1-19(9-23)2-4-20;1-10-7-12-11(8-13(10)22-2)14(16)18-15(17-12)20-5-3-19(9-21)4-6-20;/h5-6,21-22H,1-4,7-8H2,(H2,16,17,18);7-8H,3-6H2,1-2H3,(H2,16,17,18);/q2*-1;. The summed E-state index contributed by atoms with van der Waals surface area (Å²) in [5.41, 5.74) is 15.8. The Balaban J connectivity index is 0.000000205. The minimum atomic E-state index is -0.183. The van der Waals surface area contributed by atoms with Crippen LogP contribution in [0.25, 0.3) is 21.8 Å². The van der Waals surface area contributed by atoms with Gasteiger partial charge in [0.05, 0.1) is 31.4 Å². The number of aromatic nitrogens is 4. The van der Waals surface area contributed by atoms with Crippen LogP contribution in [0.4, 0.5) is 23.5 Å². The number of piperazine rings is 2. The van der Waals surface area contributed by atoms with Crippen LogP contribution in [0.15, 0.2) is 24.3 Å². The van der Waals surface area contributed by atoms with Crippen LogP contribution in [0.2, 0.25) is 0 Å². The quantitative estimate of drug-likeness (QED) is 0.189. The third-order valence-electron chi connectivity index (χ3n) is 7.99. The van der Waals surface area contributed by atoms with Crippen LogP contribution in [-0.4, -0.2) is 112 Å². The van der Waals surface area contributed by atoms with Gasteiger partial charge in [0.2, 0.25) is 11.9 Å².